The van der Waals surface area contributed by atoms with Crippen LogP contribution < -0.4 is 5.32 Å². The van der Waals surface area contributed by atoms with Crippen LogP contribution in [0.15, 0.2) is 4.52 Å². The van der Waals surface area contributed by atoms with Gasteiger partial charge in [-0.15, -0.1) is 11.3 Å². The molecule has 0 radical (unpaired) electrons. The van der Waals surface area contributed by atoms with Crippen LogP contribution in [-0.2, 0) is 17.6 Å². The second kappa shape index (κ2) is 5.57. The van der Waals surface area contributed by atoms with Crippen molar-refractivity contribution in [2.75, 3.05) is 12.4 Å². The third-order valence-corrected chi connectivity index (χ3v) is 5.12. The van der Waals surface area contributed by atoms with Crippen LogP contribution in [0.3, 0.4) is 0 Å². The maximum Gasteiger partial charge on any atom is 0.341 e. The number of hydrogen-bond donors (Lipinski definition) is 1. The zero-order chi connectivity index (χ0) is 15.9. The second-order valence-corrected chi connectivity index (χ2v) is 6.32. The van der Waals surface area contributed by atoms with E-state index >= 15 is 0 Å². The van der Waals surface area contributed by atoms with Crippen molar-refractivity contribution in [2.45, 2.75) is 33.1 Å². The first kappa shape index (κ1) is 14.8. The molecule has 0 saturated carbocycles. The van der Waals surface area contributed by atoms with Crippen molar-refractivity contribution in [3.8, 4) is 0 Å². The number of aromatic nitrogens is 1. The van der Waals surface area contributed by atoms with Crippen LogP contribution in [0.2, 0.25) is 0 Å². The molecule has 116 valence electrons. The van der Waals surface area contributed by atoms with Gasteiger partial charge in [0.05, 0.1) is 12.7 Å². The number of aryl methyl sites for hydroxylation is 2. The topological polar surface area (TPSA) is 81.4 Å². The quantitative estimate of drug-likeness (QED) is 0.879. The summed E-state index contributed by atoms with van der Waals surface area (Å²) < 4.78 is 9.87. The van der Waals surface area contributed by atoms with Crippen molar-refractivity contribution in [3.63, 3.8) is 0 Å². The lowest BCUT2D eigenvalue weighted by Gasteiger charge is -2.06. The van der Waals surface area contributed by atoms with Gasteiger partial charge in [-0.3, -0.25) is 4.79 Å². The molecule has 0 aliphatic heterocycles. The minimum absolute atomic E-state index is 0.238. The van der Waals surface area contributed by atoms with Crippen LogP contribution >= 0.6 is 11.3 Å². The van der Waals surface area contributed by atoms with E-state index in [9.17, 15) is 9.59 Å². The Kier molecular flexibility index (Phi) is 3.74. The van der Waals surface area contributed by atoms with E-state index in [-0.39, 0.29) is 11.6 Å². The number of anilines is 1. The van der Waals surface area contributed by atoms with Gasteiger partial charge in [-0.05, 0) is 38.7 Å². The van der Waals surface area contributed by atoms with Crippen LogP contribution in [-0.4, -0.2) is 24.1 Å². The number of amides is 1. The first-order valence-corrected chi connectivity index (χ1v) is 7.81. The number of thiophene rings is 1. The van der Waals surface area contributed by atoms with Gasteiger partial charge in [0.2, 0.25) is 0 Å². The van der Waals surface area contributed by atoms with Crippen molar-refractivity contribution in [2.24, 2.45) is 0 Å². The summed E-state index contributed by atoms with van der Waals surface area (Å²) >= 11 is 1.44. The molecule has 0 unspecified atom stereocenters. The second-order valence-electron chi connectivity index (χ2n) is 5.22. The third kappa shape index (κ3) is 2.31. The zero-order valence-corrected chi connectivity index (χ0v) is 13.4. The fraction of sp³-hybridized carbons (Fsp3) is 0.400. The van der Waals surface area contributed by atoms with E-state index < -0.39 is 5.97 Å². The van der Waals surface area contributed by atoms with Crippen molar-refractivity contribution in [1.82, 2.24) is 5.16 Å². The number of esters is 1. The maximum absolute atomic E-state index is 12.4. The molecule has 22 heavy (non-hydrogen) atoms. The summed E-state index contributed by atoms with van der Waals surface area (Å²) in [6, 6.07) is 0. The van der Waals surface area contributed by atoms with Crippen LogP contribution in [0.5, 0.6) is 0 Å². The van der Waals surface area contributed by atoms with Crippen LogP contribution in [0.4, 0.5) is 5.00 Å². The van der Waals surface area contributed by atoms with E-state index in [1.807, 2.05) is 0 Å². The van der Waals surface area contributed by atoms with Gasteiger partial charge >= 0.3 is 5.97 Å². The molecule has 2 aromatic rings. The summed E-state index contributed by atoms with van der Waals surface area (Å²) in [5, 5.41) is 7.08. The highest BCUT2D eigenvalue weighted by atomic mass is 32.1. The molecular weight excluding hydrogens is 304 g/mol. The molecule has 1 amide bonds. The van der Waals surface area contributed by atoms with E-state index in [0.717, 1.165) is 29.7 Å². The fourth-order valence-corrected chi connectivity index (χ4v) is 3.87. The Morgan fingerprint density at radius 3 is 2.73 bits per heavy atom. The number of carbonyl (C=O) groups excluding carboxylic acids is 2. The van der Waals surface area contributed by atoms with Gasteiger partial charge in [-0.1, -0.05) is 5.16 Å². The predicted octanol–water partition coefficient (Wildman–Crippen LogP) is 2.88. The third-order valence-electron chi connectivity index (χ3n) is 3.91. The summed E-state index contributed by atoms with van der Waals surface area (Å²) in [6.07, 6.45) is 2.80. The highest BCUT2D eigenvalue weighted by Gasteiger charge is 2.29. The number of fused-ring (bicyclic) bond motifs is 1. The van der Waals surface area contributed by atoms with Crippen molar-refractivity contribution >= 4 is 28.2 Å². The molecule has 0 saturated heterocycles. The molecule has 0 atom stereocenters. The number of nitrogens with one attached hydrogen (secondary N) is 1. The van der Waals surface area contributed by atoms with Crippen LogP contribution in [0, 0.1) is 13.8 Å². The summed E-state index contributed by atoms with van der Waals surface area (Å²) in [4.78, 5) is 25.5. The summed E-state index contributed by atoms with van der Waals surface area (Å²) in [6.45, 7) is 3.52. The highest BCUT2D eigenvalue weighted by molar-refractivity contribution is 7.17. The average molecular weight is 320 g/mol. The Labute approximate surface area is 131 Å². The molecule has 1 aliphatic carbocycles. The van der Waals surface area contributed by atoms with E-state index in [1.165, 1.54) is 18.4 Å². The number of nitrogens with zero attached hydrogens (tertiary/aromatic N) is 1. The van der Waals surface area contributed by atoms with Crippen molar-refractivity contribution in [1.29, 1.82) is 0 Å². The van der Waals surface area contributed by atoms with Gasteiger partial charge in [0.25, 0.3) is 5.91 Å². The summed E-state index contributed by atoms with van der Waals surface area (Å²) in [5.74, 6) is -0.186. The molecule has 2 aromatic heterocycles. The number of hydrogen-bond acceptors (Lipinski definition) is 6. The van der Waals surface area contributed by atoms with E-state index in [4.69, 9.17) is 9.26 Å². The van der Waals surface area contributed by atoms with Gasteiger partial charge in [0, 0.05) is 10.4 Å². The number of rotatable bonds is 3. The number of ether oxygens (including phenoxy) is 1. The monoisotopic (exact) mass is 320 g/mol. The molecule has 7 heteroatoms. The minimum atomic E-state index is -0.414. The van der Waals surface area contributed by atoms with Crippen LogP contribution in [0.1, 0.15) is 49.0 Å². The number of methoxy groups -OCH3 is 1. The average Bonchev–Trinajstić information content (AvgIpc) is 3.14. The molecular formula is C15H16N2O4S. The van der Waals surface area contributed by atoms with Gasteiger partial charge in [0.1, 0.15) is 10.8 Å². The molecule has 1 aliphatic rings. The summed E-state index contributed by atoms with van der Waals surface area (Å²) in [5.41, 5.74) is 2.41. The van der Waals surface area contributed by atoms with Gasteiger partial charge in [0.15, 0.2) is 5.69 Å². The molecule has 0 bridgehead atoms. The largest absolute Gasteiger partial charge is 0.465 e. The Bertz CT molecular complexity index is 760. The minimum Gasteiger partial charge on any atom is -0.465 e. The fourth-order valence-electron chi connectivity index (χ4n) is 2.60. The molecule has 1 N–H and O–H groups in total. The Balaban J connectivity index is 1.94. The molecule has 0 fully saturated rings. The first-order valence-electron chi connectivity index (χ1n) is 7.00. The van der Waals surface area contributed by atoms with Gasteiger partial charge < -0.3 is 14.6 Å². The van der Waals surface area contributed by atoms with Crippen molar-refractivity contribution in [3.05, 3.63) is 33.0 Å². The van der Waals surface area contributed by atoms with Gasteiger partial charge in [-0.25, -0.2) is 4.79 Å². The van der Waals surface area contributed by atoms with Crippen LogP contribution in [0.25, 0.3) is 0 Å². The van der Waals surface area contributed by atoms with E-state index in [2.05, 4.69) is 10.5 Å². The Morgan fingerprint density at radius 1 is 1.32 bits per heavy atom. The van der Waals surface area contributed by atoms with Crippen molar-refractivity contribution < 1.29 is 18.8 Å². The lowest BCUT2D eigenvalue weighted by Crippen LogP contribution is -2.15. The molecule has 0 aromatic carbocycles. The molecule has 0 spiro atoms. The Morgan fingerprint density at radius 2 is 2.09 bits per heavy atom. The molecule has 2 heterocycles. The molecule has 3 rings (SSSR count). The normalized spacial score (nSPS) is 13.0. The number of carbonyl (C=O) groups is 2. The lowest BCUT2D eigenvalue weighted by atomic mass is 10.1. The highest BCUT2D eigenvalue weighted by Crippen LogP contribution is 2.39. The first-order chi connectivity index (χ1) is 10.5. The maximum atomic E-state index is 12.4. The molecule has 6 nitrogen and oxygen atoms in total. The predicted molar refractivity (Wildman–Crippen MR) is 81.6 cm³/mol. The zero-order valence-electron chi connectivity index (χ0n) is 12.6. The summed E-state index contributed by atoms with van der Waals surface area (Å²) in [7, 11) is 1.35. The Hall–Kier alpha value is -2.15. The van der Waals surface area contributed by atoms with Gasteiger partial charge in [-0.2, -0.15) is 0 Å². The lowest BCUT2D eigenvalue weighted by molar-refractivity contribution is 0.0601. The standard InChI is InChI=1S/C15H16N2O4S/c1-7-8(2)21-17-12(7)13(18)16-14-11(15(19)20-3)9-5-4-6-10(9)22-14/h4-6H2,1-3H3,(H,16,18). The van der Waals surface area contributed by atoms with E-state index in [1.54, 1.807) is 13.8 Å². The SMILES string of the molecule is COC(=O)c1c(NC(=O)c2noc(C)c2C)sc2c1CCC2. The smallest absolute Gasteiger partial charge is 0.341 e. The van der Waals surface area contributed by atoms with E-state index in [0.29, 0.717) is 21.9 Å².